The monoisotopic (exact) mass is 229 g/mol. The SMILES string of the molecule is CCCCC[C@@H]1NC(=O)[C@@H]1OC(C)OCC. The number of unbranched alkanes of at least 4 members (excludes halogenated alkanes) is 2. The van der Waals surface area contributed by atoms with Gasteiger partial charge in [0.15, 0.2) is 12.4 Å². The van der Waals surface area contributed by atoms with Crippen molar-refractivity contribution in [1.82, 2.24) is 5.32 Å². The molecular formula is C12H23NO3. The molecule has 1 unspecified atom stereocenters. The summed E-state index contributed by atoms with van der Waals surface area (Å²) < 4.78 is 10.8. The van der Waals surface area contributed by atoms with E-state index < -0.39 is 0 Å². The molecule has 0 aliphatic carbocycles. The van der Waals surface area contributed by atoms with Crippen LogP contribution in [0, 0.1) is 0 Å². The van der Waals surface area contributed by atoms with Gasteiger partial charge in [-0.25, -0.2) is 0 Å². The van der Waals surface area contributed by atoms with Crippen LogP contribution >= 0.6 is 0 Å². The van der Waals surface area contributed by atoms with Gasteiger partial charge >= 0.3 is 0 Å². The lowest BCUT2D eigenvalue weighted by Gasteiger charge is -2.37. The first-order valence-electron chi connectivity index (χ1n) is 6.26. The van der Waals surface area contributed by atoms with Gasteiger partial charge in [0.2, 0.25) is 0 Å². The number of hydrogen-bond donors (Lipinski definition) is 1. The number of rotatable bonds is 8. The lowest BCUT2D eigenvalue weighted by molar-refractivity contribution is -0.191. The van der Waals surface area contributed by atoms with Gasteiger partial charge in [-0.1, -0.05) is 26.2 Å². The van der Waals surface area contributed by atoms with Crippen molar-refractivity contribution < 1.29 is 14.3 Å². The van der Waals surface area contributed by atoms with Crippen LogP contribution in [0.4, 0.5) is 0 Å². The quantitative estimate of drug-likeness (QED) is 0.392. The van der Waals surface area contributed by atoms with E-state index in [1.54, 1.807) is 0 Å². The van der Waals surface area contributed by atoms with Crippen molar-refractivity contribution in [3.05, 3.63) is 0 Å². The molecule has 1 saturated heterocycles. The molecule has 1 fully saturated rings. The number of ether oxygens (including phenoxy) is 2. The molecule has 1 aliphatic rings. The molecule has 1 rings (SSSR count). The average molecular weight is 229 g/mol. The predicted molar refractivity (Wildman–Crippen MR) is 62.0 cm³/mol. The maximum absolute atomic E-state index is 11.3. The minimum atomic E-state index is -0.307. The Hall–Kier alpha value is -0.610. The summed E-state index contributed by atoms with van der Waals surface area (Å²) >= 11 is 0. The topological polar surface area (TPSA) is 47.6 Å². The molecule has 1 heterocycles. The van der Waals surface area contributed by atoms with Crippen LogP contribution in [-0.4, -0.2) is 30.9 Å². The van der Waals surface area contributed by atoms with Gasteiger partial charge in [0, 0.05) is 6.61 Å². The largest absolute Gasteiger partial charge is 0.353 e. The number of hydrogen-bond acceptors (Lipinski definition) is 3. The first-order valence-corrected chi connectivity index (χ1v) is 6.26. The Balaban J connectivity index is 2.24. The maximum atomic E-state index is 11.3. The van der Waals surface area contributed by atoms with E-state index in [0.29, 0.717) is 6.61 Å². The summed E-state index contributed by atoms with van der Waals surface area (Å²) in [5.74, 6) is -0.00643. The minimum Gasteiger partial charge on any atom is -0.353 e. The van der Waals surface area contributed by atoms with Gasteiger partial charge in [-0.05, 0) is 20.3 Å². The van der Waals surface area contributed by atoms with E-state index in [4.69, 9.17) is 9.47 Å². The van der Waals surface area contributed by atoms with Gasteiger partial charge in [0.05, 0.1) is 6.04 Å². The van der Waals surface area contributed by atoms with E-state index in [1.807, 2.05) is 13.8 Å². The highest BCUT2D eigenvalue weighted by Gasteiger charge is 2.40. The van der Waals surface area contributed by atoms with E-state index in [0.717, 1.165) is 12.8 Å². The van der Waals surface area contributed by atoms with E-state index in [2.05, 4.69) is 12.2 Å². The second-order valence-corrected chi connectivity index (χ2v) is 4.19. The maximum Gasteiger partial charge on any atom is 0.251 e. The van der Waals surface area contributed by atoms with Gasteiger partial charge in [0.25, 0.3) is 5.91 Å². The van der Waals surface area contributed by atoms with Crippen LogP contribution in [0.1, 0.15) is 46.5 Å². The molecule has 1 amide bonds. The molecule has 4 nitrogen and oxygen atoms in total. The summed E-state index contributed by atoms with van der Waals surface area (Å²) in [6.45, 7) is 6.53. The van der Waals surface area contributed by atoms with Crippen molar-refractivity contribution in [2.45, 2.75) is 64.9 Å². The second-order valence-electron chi connectivity index (χ2n) is 4.19. The molecule has 1 aliphatic heterocycles. The lowest BCUT2D eigenvalue weighted by Crippen LogP contribution is -2.64. The summed E-state index contributed by atoms with van der Waals surface area (Å²) in [6, 6.07) is 0.182. The summed E-state index contributed by atoms with van der Waals surface area (Å²) in [5.41, 5.74) is 0. The number of nitrogens with one attached hydrogen (secondary N) is 1. The highest BCUT2D eigenvalue weighted by molar-refractivity contribution is 5.88. The van der Waals surface area contributed by atoms with Crippen molar-refractivity contribution in [2.75, 3.05) is 6.61 Å². The van der Waals surface area contributed by atoms with Crippen LogP contribution < -0.4 is 5.32 Å². The van der Waals surface area contributed by atoms with Gasteiger partial charge in [-0.2, -0.15) is 0 Å². The zero-order valence-corrected chi connectivity index (χ0v) is 10.5. The van der Waals surface area contributed by atoms with Crippen LogP contribution in [0.25, 0.3) is 0 Å². The number of β-lactam (4-membered cyclic amide) rings is 1. The Bertz CT molecular complexity index is 220. The molecule has 4 heteroatoms. The van der Waals surface area contributed by atoms with E-state index in [1.165, 1.54) is 12.8 Å². The molecule has 94 valence electrons. The second kappa shape index (κ2) is 6.86. The van der Waals surface area contributed by atoms with Crippen molar-refractivity contribution in [3.8, 4) is 0 Å². The Kier molecular flexibility index (Phi) is 5.77. The van der Waals surface area contributed by atoms with Gasteiger partial charge in [-0.3, -0.25) is 4.79 Å². The van der Waals surface area contributed by atoms with Crippen molar-refractivity contribution >= 4 is 5.91 Å². The molecule has 0 saturated carbocycles. The van der Waals surface area contributed by atoms with E-state index in [-0.39, 0.29) is 24.3 Å². The Morgan fingerprint density at radius 1 is 1.38 bits per heavy atom. The third-order valence-electron chi connectivity index (χ3n) is 2.81. The van der Waals surface area contributed by atoms with E-state index in [9.17, 15) is 4.79 Å². The zero-order chi connectivity index (χ0) is 12.0. The Morgan fingerprint density at radius 2 is 2.12 bits per heavy atom. The predicted octanol–water partition coefficient (Wildman–Crippen LogP) is 1.83. The van der Waals surface area contributed by atoms with Crippen LogP contribution in [0.15, 0.2) is 0 Å². The van der Waals surface area contributed by atoms with Gasteiger partial charge in [0.1, 0.15) is 0 Å². The zero-order valence-electron chi connectivity index (χ0n) is 10.5. The summed E-state index contributed by atoms with van der Waals surface area (Å²) in [4.78, 5) is 11.3. The fourth-order valence-corrected chi connectivity index (χ4v) is 1.90. The van der Waals surface area contributed by atoms with Gasteiger partial charge < -0.3 is 14.8 Å². The molecule has 0 radical (unpaired) electrons. The molecular weight excluding hydrogens is 206 g/mol. The van der Waals surface area contributed by atoms with Crippen molar-refractivity contribution in [2.24, 2.45) is 0 Å². The molecule has 0 bridgehead atoms. The van der Waals surface area contributed by atoms with Crippen LogP contribution in [0.2, 0.25) is 0 Å². The molecule has 0 aromatic rings. The molecule has 16 heavy (non-hydrogen) atoms. The highest BCUT2D eigenvalue weighted by atomic mass is 16.7. The van der Waals surface area contributed by atoms with E-state index >= 15 is 0 Å². The third-order valence-corrected chi connectivity index (χ3v) is 2.81. The number of carbonyl (C=O) groups is 1. The Morgan fingerprint density at radius 3 is 2.69 bits per heavy atom. The van der Waals surface area contributed by atoms with Crippen LogP contribution in [-0.2, 0) is 14.3 Å². The van der Waals surface area contributed by atoms with Crippen molar-refractivity contribution in [3.63, 3.8) is 0 Å². The van der Waals surface area contributed by atoms with Crippen molar-refractivity contribution in [1.29, 1.82) is 0 Å². The third kappa shape index (κ3) is 3.76. The fourth-order valence-electron chi connectivity index (χ4n) is 1.90. The minimum absolute atomic E-state index is 0.00643. The number of amides is 1. The van der Waals surface area contributed by atoms with Crippen LogP contribution in [0.3, 0.4) is 0 Å². The first kappa shape index (κ1) is 13.5. The summed E-state index contributed by atoms with van der Waals surface area (Å²) in [5, 5.41) is 2.88. The lowest BCUT2D eigenvalue weighted by atomic mass is 9.96. The highest BCUT2D eigenvalue weighted by Crippen LogP contribution is 2.19. The molecule has 0 aromatic carbocycles. The average Bonchev–Trinajstić information content (AvgIpc) is 2.26. The molecule has 0 spiro atoms. The standard InChI is InChI=1S/C12H23NO3/c1-4-6-7-8-10-11(12(14)13-10)16-9(3)15-5-2/h9-11H,4-8H2,1-3H3,(H,13,14)/t9?,10-,11+/m0/s1. The first-order chi connectivity index (χ1) is 7.69. The fraction of sp³-hybridized carbons (Fsp3) is 0.917. The normalized spacial score (nSPS) is 26.1. The van der Waals surface area contributed by atoms with Crippen LogP contribution in [0.5, 0.6) is 0 Å². The summed E-state index contributed by atoms with van der Waals surface area (Å²) in [6.07, 6.45) is 3.95. The molecule has 3 atom stereocenters. The van der Waals surface area contributed by atoms with Gasteiger partial charge in [-0.15, -0.1) is 0 Å². The Labute approximate surface area is 97.7 Å². The number of carbonyl (C=O) groups excluding carboxylic acids is 1. The molecule has 0 aromatic heterocycles. The molecule has 1 N–H and O–H groups in total. The smallest absolute Gasteiger partial charge is 0.251 e. The summed E-state index contributed by atoms with van der Waals surface area (Å²) in [7, 11) is 0.